The number of pyridine rings is 1. The molecule has 5 nitrogen and oxygen atoms in total. The third kappa shape index (κ3) is 3.42. The van der Waals surface area contributed by atoms with Crippen molar-refractivity contribution in [2.24, 2.45) is 0 Å². The summed E-state index contributed by atoms with van der Waals surface area (Å²) < 4.78 is 55.1. The first-order chi connectivity index (χ1) is 9.82. The molecule has 0 fully saturated rings. The summed E-state index contributed by atoms with van der Waals surface area (Å²) in [5.41, 5.74) is -0.948. The molecule has 0 amide bonds. The maximum atomic E-state index is 12.9. The van der Waals surface area contributed by atoms with Crippen LogP contribution in [-0.2, 0) is 17.4 Å². The lowest BCUT2D eigenvalue weighted by atomic mass is 10.1. The highest BCUT2D eigenvalue weighted by atomic mass is 32.2. The first-order valence-corrected chi connectivity index (χ1v) is 7.18. The Morgan fingerprint density at radius 3 is 2.57 bits per heavy atom. The van der Waals surface area contributed by atoms with E-state index >= 15 is 0 Å². The number of hydrogen-bond donors (Lipinski definition) is 0. The van der Waals surface area contributed by atoms with Gasteiger partial charge in [0, 0.05) is 17.4 Å². The minimum atomic E-state index is -4.67. The van der Waals surface area contributed by atoms with Gasteiger partial charge >= 0.3 is 11.3 Å². The van der Waals surface area contributed by atoms with Gasteiger partial charge in [-0.2, -0.15) is 23.1 Å². The summed E-state index contributed by atoms with van der Waals surface area (Å²) in [6.45, 7) is 0. The Morgan fingerprint density at radius 1 is 1.29 bits per heavy atom. The SMILES string of the molecule is COc1ncccc1-c1cc(C(F)(F)F)nc([S+](C)[O-])n1. The molecule has 0 aromatic carbocycles. The average molecular weight is 317 g/mol. The van der Waals surface area contributed by atoms with E-state index in [-0.39, 0.29) is 17.1 Å². The van der Waals surface area contributed by atoms with Gasteiger partial charge in [-0.05, 0) is 18.2 Å². The third-order valence-corrected chi connectivity index (χ3v) is 3.19. The van der Waals surface area contributed by atoms with Gasteiger partial charge in [-0.1, -0.05) is 0 Å². The van der Waals surface area contributed by atoms with E-state index in [1.54, 1.807) is 0 Å². The minimum Gasteiger partial charge on any atom is -0.609 e. The molecule has 0 spiro atoms. The van der Waals surface area contributed by atoms with Gasteiger partial charge < -0.3 is 9.29 Å². The molecule has 0 saturated heterocycles. The largest absolute Gasteiger partial charge is 0.609 e. The highest BCUT2D eigenvalue weighted by Gasteiger charge is 2.35. The lowest BCUT2D eigenvalue weighted by Crippen LogP contribution is -2.14. The van der Waals surface area contributed by atoms with E-state index in [2.05, 4.69) is 15.0 Å². The molecule has 2 aromatic heterocycles. The summed E-state index contributed by atoms with van der Waals surface area (Å²) in [5.74, 6) is 0.122. The quantitative estimate of drug-likeness (QED) is 0.642. The van der Waals surface area contributed by atoms with Crippen LogP contribution >= 0.6 is 0 Å². The molecular weight excluding hydrogens is 307 g/mol. The van der Waals surface area contributed by atoms with E-state index < -0.39 is 28.2 Å². The molecule has 2 heterocycles. The summed E-state index contributed by atoms with van der Waals surface area (Å²) in [6.07, 6.45) is -2.02. The number of rotatable bonds is 3. The van der Waals surface area contributed by atoms with E-state index in [0.717, 1.165) is 6.07 Å². The fourth-order valence-corrected chi connectivity index (χ4v) is 2.04. The molecular formula is C12H10F3N3O2S. The molecule has 0 radical (unpaired) electrons. The van der Waals surface area contributed by atoms with E-state index in [1.807, 2.05) is 0 Å². The van der Waals surface area contributed by atoms with Crippen LogP contribution in [-0.4, -0.2) is 32.9 Å². The number of methoxy groups -OCH3 is 1. The van der Waals surface area contributed by atoms with E-state index in [9.17, 15) is 17.7 Å². The third-order valence-electron chi connectivity index (χ3n) is 2.49. The summed E-state index contributed by atoms with van der Waals surface area (Å²) in [7, 11) is 1.34. The van der Waals surface area contributed by atoms with Gasteiger partial charge in [0.2, 0.25) is 5.88 Å². The van der Waals surface area contributed by atoms with Crippen LogP contribution < -0.4 is 4.74 Å². The predicted octanol–water partition coefficient (Wildman–Crippen LogP) is 2.30. The van der Waals surface area contributed by atoms with Crippen LogP contribution in [0, 0.1) is 0 Å². The predicted molar refractivity (Wildman–Crippen MR) is 69.1 cm³/mol. The Balaban J connectivity index is 2.65. The van der Waals surface area contributed by atoms with Gasteiger partial charge in [-0.3, -0.25) is 0 Å². The zero-order chi connectivity index (χ0) is 15.6. The van der Waals surface area contributed by atoms with Crippen molar-refractivity contribution in [2.75, 3.05) is 13.4 Å². The number of halogens is 3. The molecule has 0 bridgehead atoms. The molecule has 0 aliphatic rings. The molecule has 0 aliphatic heterocycles. The first-order valence-electron chi connectivity index (χ1n) is 5.62. The molecule has 112 valence electrons. The van der Waals surface area contributed by atoms with E-state index in [4.69, 9.17) is 4.74 Å². The monoisotopic (exact) mass is 317 g/mol. The van der Waals surface area contributed by atoms with Crippen LogP contribution in [0.2, 0.25) is 0 Å². The van der Waals surface area contributed by atoms with Crippen molar-refractivity contribution in [3.05, 3.63) is 30.1 Å². The molecule has 0 aliphatic carbocycles. The first kappa shape index (κ1) is 15.5. The smallest absolute Gasteiger partial charge is 0.433 e. The summed E-state index contributed by atoms with van der Waals surface area (Å²) in [5, 5.41) is -0.397. The molecule has 1 unspecified atom stereocenters. The number of aromatic nitrogens is 3. The maximum absolute atomic E-state index is 12.9. The van der Waals surface area contributed by atoms with Crippen molar-refractivity contribution in [1.82, 2.24) is 15.0 Å². The number of ether oxygens (including phenoxy) is 1. The Bertz CT molecular complexity index is 650. The van der Waals surface area contributed by atoms with Crippen molar-refractivity contribution in [2.45, 2.75) is 11.3 Å². The molecule has 2 aromatic rings. The van der Waals surface area contributed by atoms with E-state index in [1.165, 1.54) is 31.7 Å². The van der Waals surface area contributed by atoms with Gasteiger partial charge in [0.05, 0.1) is 18.4 Å². The van der Waals surface area contributed by atoms with Crippen LogP contribution in [0.3, 0.4) is 0 Å². The fraction of sp³-hybridized carbons (Fsp3) is 0.250. The summed E-state index contributed by atoms with van der Waals surface area (Å²) in [4.78, 5) is 11.1. The number of alkyl halides is 3. The Morgan fingerprint density at radius 2 is 2.00 bits per heavy atom. The second-order valence-electron chi connectivity index (χ2n) is 3.93. The van der Waals surface area contributed by atoms with Crippen molar-refractivity contribution in [3.63, 3.8) is 0 Å². The maximum Gasteiger partial charge on any atom is 0.433 e. The van der Waals surface area contributed by atoms with Crippen LogP contribution in [0.4, 0.5) is 13.2 Å². The van der Waals surface area contributed by atoms with Crippen molar-refractivity contribution in [1.29, 1.82) is 0 Å². The zero-order valence-electron chi connectivity index (χ0n) is 11.0. The second-order valence-corrected chi connectivity index (χ2v) is 5.21. The Hall–Kier alpha value is -1.87. The highest BCUT2D eigenvalue weighted by Crippen LogP contribution is 2.33. The normalized spacial score (nSPS) is 13.0. The van der Waals surface area contributed by atoms with Gasteiger partial charge in [0.1, 0.15) is 6.26 Å². The Kier molecular flexibility index (Phi) is 4.33. The van der Waals surface area contributed by atoms with Gasteiger partial charge in [-0.25, -0.2) is 4.98 Å². The molecule has 9 heteroatoms. The zero-order valence-corrected chi connectivity index (χ0v) is 11.8. The molecule has 21 heavy (non-hydrogen) atoms. The fourth-order valence-electron chi connectivity index (χ4n) is 1.59. The summed E-state index contributed by atoms with van der Waals surface area (Å²) >= 11 is -1.75. The molecule has 0 saturated carbocycles. The topological polar surface area (TPSA) is 71.0 Å². The van der Waals surface area contributed by atoms with Crippen molar-refractivity contribution >= 4 is 11.2 Å². The number of hydrogen-bond acceptors (Lipinski definition) is 5. The lowest BCUT2D eigenvalue weighted by molar-refractivity contribution is -0.141. The molecule has 0 N–H and O–H groups in total. The van der Waals surface area contributed by atoms with Crippen molar-refractivity contribution in [3.8, 4) is 17.1 Å². The van der Waals surface area contributed by atoms with Crippen molar-refractivity contribution < 1.29 is 22.5 Å². The van der Waals surface area contributed by atoms with Gasteiger partial charge in [0.25, 0.3) is 0 Å². The second kappa shape index (κ2) is 5.86. The molecule has 1 atom stereocenters. The van der Waals surface area contributed by atoms with Crippen LogP contribution in [0.5, 0.6) is 5.88 Å². The summed E-state index contributed by atoms with van der Waals surface area (Å²) in [6, 6.07) is 3.82. The minimum absolute atomic E-state index is 0.0486. The van der Waals surface area contributed by atoms with E-state index in [0.29, 0.717) is 0 Å². The van der Waals surface area contributed by atoms with Crippen LogP contribution in [0.25, 0.3) is 11.3 Å². The Labute approximate surface area is 121 Å². The number of nitrogens with zero attached hydrogens (tertiary/aromatic N) is 3. The lowest BCUT2D eigenvalue weighted by Gasteiger charge is -2.11. The van der Waals surface area contributed by atoms with Gasteiger partial charge in [0.15, 0.2) is 5.69 Å². The average Bonchev–Trinajstić information content (AvgIpc) is 2.45. The molecule has 2 rings (SSSR count). The van der Waals surface area contributed by atoms with Gasteiger partial charge in [-0.15, -0.1) is 0 Å². The van der Waals surface area contributed by atoms with Crippen LogP contribution in [0.1, 0.15) is 5.69 Å². The highest BCUT2D eigenvalue weighted by molar-refractivity contribution is 7.90. The standard InChI is InChI=1S/C12H10F3N3O2S/c1-20-10-7(4-3-5-16-10)8-6-9(12(13,14)15)18-11(17-8)21(2)19/h3-6H,1-2H3. The van der Waals surface area contributed by atoms with Crippen LogP contribution in [0.15, 0.2) is 29.6 Å².